The van der Waals surface area contributed by atoms with Crippen LogP contribution in [0.15, 0.2) is 54.5 Å². The van der Waals surface area contributed by atoms with Crippen molar-refractivity contribution in [3.8, 4) is 11.1 Å². The topological polar surface area (TPSA) is 0 Å². The molecule has 3 aromatic rings. The van der Waals surface area contributed by atoms with E-state index in [1.807, 2.05) is 0 Å². The van der Waals surface area contributed by atoms with Gasteiger partial charge in [-0.25, -0.2) is 8.78 Å². The van der Waals surface area contributed by atoms with Gasteiger partial charge in [0.15, 0.2) is 0 Å². The van der Waals surface area contributed by atoms with Crippen molar-refractivity contribution in [3.05, 3.63) is 71.7 Å². The molecule has 0 heterocycles. The molecule has 0 fully saturated rings. The van der Waals surface area contributed by atoms with Crippen LogP contribution in [0.2, 0.25) is 0 Å². The van der Waals surface area contributed by atoms with E-state index in [-0.39, 0.29) is 39.5 Å². The Hall–Kier alpha value is -2.22. The highest BCUT2D eigenvalue weighted by Crippen LogP contribution is 2.33. The van der Waals surface area contributed by atoms with Gasteiger partial charge < -0.3 is 0 Å². The lowest BCUT2D eigenvalue weighted by Gasteiger charge is -2.11. The van der Waals surface area contributed by atoms with Crippen LogP contribution in [0.1, 0.15) is 13.8 Å². The molecule has 0 radical (unpaired) electrons. The SMILES string of the molecule is [2H]c1c([2H])c([2H])c2c(-c3ccc(F)cc3F)c(C)c([2H])c([2H])c2c1[2H]. The highest BCUT2D eigenvalue weighted by Gasteiger charge is 2.12. The van der Waals surface area contributed by atoms with E-state index >= 15 is 0 Å². The van der Waals surface area contributed by atoms with Crippen molar-refractivity contribution in [3.63, 3.8) is 0 Å². The van der Waals surface area contributed by atoms with Crippen molar-refractivity contribution in [2.45, 2.75) is 6.92 Å². The first-order valence-corrected chi connectivity index (χ1v) is 5.62. The van der Waals surface area contributed by atoms with Crippen molar-refractivity contribution in [1.29, 1.82) is 0 Å². The lowest BCUT2D eigenvalue weighted by atomic mass is 9.94. The minimum Gasteiger partial charge on any atom is -0.207 e. The third-order valence-electron chi connectivity index (χ3n) is 2.89. The van der Waals surface area contributed by atoms with Gasteiger partial charge in [0.25, 0.3) is 0 Å². The summed E-state index contributed by atoms with van der Waals surface area (Å²) in [6, 6.07) is 0.318. The van der Waals surface area contributed by atoms with Gasteiger partial charge in [-0.15, -0.1) is 0 Å². The van der Waals surface area contributed by atoms with Crippen LogP contribution < -0.4 is 0 Å². The largest absolute Gasteiger partial charge is 0.207 e. The Balaban J connectivity index is 2.64. The monoisotopic (exact) mass is 260 g/mol. The molecule has 0 saturated heterocycles. The molecule has 0 aliphatic heterocycles. The van der Waals surface area contributed by atoms with Crippen molar-refractivity contribution in [2.24, 2.45) is 0 Å². The van der Waals surface area contributed by atoms with Crippen LogP contribution in [-0.4, -0.2) is 0 Å². The summed E-state index contributed by atoms with van der Waals surface area (Å²) in [6.45, 7) is 1.47. The second-order valence-corrected chi connectivity index (χ2v) is 4.12. The standard InChI is InChI=1S/C17H12F2/c1-11-6-7-12-4-2-3-5-14(12)17(11)15-9-8-13(18)10-16(15)19/h2-10H,1H3/i2D,3D,4D,5D,6D,7D. The Kier molecular flexibility index (Phi) is 1.60. The Morgan fingerprint density at radius 2 is 1.79 bits per heavy atom. The zero-order chi connectivity index (χ0) is 18.6. The first-order valence-electron chi connectivity index (χ1n) is 8.62. The van der Waals surface area contributed by atoms with Gasteiger partial charge in [-0.2, -0.15) is 0 Å². The predicted molar refractivity (Wildman–Crippen MR) is 74.0 cm³/mol. The normalized spacial score (nSPS) is 15.3. The Bertz CT molecular complexity index is 1040. The highest BCUT2D eigenvalue weighted by atomic mass is 19.1. The summed E-state index contributed by atoms with van der Waals surface area (Å²) < 4.78 is 75.6. The molecule has 0 unspecified atom stereocenters. The smallest absolute Gasteiger partial charge is 0.133 e. The number of halogens is 2. The molecule has 0 spiro atoms. The zero-order valence-corrected chi connectivity index (χ0v) is 9.99. The molecule has 0 aliphatic rings. The Morgan fingerprint density at radius 1 is 1.00 bits per heavy atom. The molecule has 3 rings (SSSR count). The molecule has 3 aromatic carbocycles. The summed E-state index contributed by atoms with van der Waals surface area (Å²) in [4.78, 5) is 0. The lowest BCUT2D eigenvalue weighted by molar-refractivity contribution is 0.585. The summed E-state index contributed by atoms with van der Waals surface area (Å²) in [6.07, 6.45) is 0. The third-order valence-corrected chi connectivity index (χ3v) is 2.89. The first kappa shape index (κ1) is 6.80. The van der Waals surface area contributed by atoms with E-state index in [0.29, 0.717) is 6.07 Å². The number of hydrogen-bond acceptors (Lipinski definition) is 0. The summed E-state index contributed by atoms with van der Waals surface area (Å²) in [5, 5.41) is -0.199. The van der Waals surface area contributed by atoms with Crippen molar-refractivity contribution in [1.82, 2.24) is 0 Å². The van der Waals surface area contributed by atoms with Gasteiger partial charge in [0.2, 0.25) is 0 Å². The number of rotatable bonds is 1. The molecule has 0 bridgehead atoms. The average molecular weight is 260 g/mol. The van der Waals surface area contributed by atoms with Gasteiger partial charge in [-0.05, 0) is 41.0 Å². The molecule has 19 heavy (non-hydrogen) atoms. The van der Waals surface area contributed by atoms with E-state index in [0.717, 1.165) is 12.1 Å². The zero-order valence-electron chi connectivity index (χ0n) is 16.0. The molecule has 0 N–H and O–H groups in total. The molecular weight excluding hydrogens is 242 g/mol. The summed E-state index contributed by atoms with van der Waals surface area (Å²) in [5.74, 6) is -1.69. The third kappa shape index (κ3) is 1.99. The number of benzene rings is 3. The van der Waals surface area contributed by atoms with Crippen molar-refractivity contribution < 1.29 is 17.0 Å². The summed E-state index contributed by atoms with van der Waals surface area (Å²) >= 11 is 0. The second kappa shape index (κ2) is 4.47. The summed E-state index contributed by atoms with van der Waals surface area (Å²) in [5.41, 5.74) is 0.177. The molecule has 0 saturated carbocycles. The van der Waals surface area contributed by atoms with E-state index in [9.17, 15) is 8.78 Å². The Labute approximate surface area is 118 Å². The molecule has 94 valence electrons. The maximum Gasteiger partial charge on any atom is 0.133 e. The van der Waals surface area contributed by atoms with Gasteiger partial charge in [0.05, 0.1) is 8.22 Å². The van der Waals surface area contributed by atoms with Gasteiger partial charge >= 0.3 is 0 Å². The van der Waals surface area contributed by atoms with Crippen LogP contribution in [0.25, 0.3) is 21.9 Å². The number of fused-ring (bicyclic) bond motifs is 1. The predicted octanol–water partition coefficient (Wildman–Crippen LogP) is 5.09. The Morgan fingerprint density at radius 3 is 2.58 bits per heavy atom. The maximum absolute atomic E-state index is 14.3. The van der Waals surface area contributed by atoms with Crippen molar-refractivity contribution in [2.75, 3.05) is 0 Å². The molecule has 2 heteroatoms. The quantitative estimate of drug-likeness (QED) is 0.571. The van der Waals surface area contributed by atoms with Crippen molar-refractivity contribution >= 4 is 10.8 Å². The summed E-state index contributed by atoms with van der Waals surface area (Å²) in [7, 11) is 0. The minimum absolute atomic E-state index is 0.0463. The van der Waals surface area contributed by atoms with Gasteiger partial charge in [-0.1, -0.05) is 36.3 Å². The molecule has 0 aromatic heterocycles. The van der Waals surface area contributed by atoms with E-state index in [4.69, 9.17) is 8.22 Å². The number of hydrogen-bond donors (Lipinski definition) is 0. The molecule has 0 nitrogen and oxygen atoms in total. The van der Waals surface area contributed by atoms with E-state index in [1.165, 1.54) is 6.92 Å². The second-order valence-electron chi connectivity index (χ2n) is 4.12. The fourth-order valence-corrected chi connectivity index (χ4v) is 2.03. The lowest BCUT2D eigenvalue weighted by Crippen LogP contribution is -1.91. The van der Waals surface area contributed by atoms with Crippen LogP contribution in [-0.2, 0) is 0 Å². The fourth-order valence-electron chi connectivity index (χ4n) is 2.03. The van der Waals surface area contributed by atoms with Gasteiger partial charge in [-0.3, -0.25) is 0 Å². The van der Waals surface area contributed by atoms with E-state index in [1.54, 1.807) is 0 Å². The molecular formula is C17H12F2. The first-order chi connectivity index (χ1) is 11.7. The van der Waals surface area contributed by atoms with Crippen LogP contribution in [0.4, 0.5) is 8.78 Å². The van der Waals surface area contributed by atoms with Crippen LogP contribution in [0, 0.1) is 18.6 Å². The highest BCUT2D eigenvalue weighted by molar-refractivity contribution is 5.98. The van der Waals surface area contributed by atoms with Crippen LogP contribution >= 0.6 is 0 Å². The average Bonchev–Trinajstić information content (AvgIpc) is 2.56. The van der Waals surface area contributed by atoms with E-state index < -0.39 is 35.8 Å². The molecule has 0 atom stereocenters. The molecule has 0 aliphatic carbocycles. The van der Waals surface area contributed by atoms with Crippen LogP contribution in [0.5, 0.6) is 0 Å². The van der Waals surface area contributed by atoms with Gasteiger partial charge in [0, 0.05) is 11.6 Å². The van der Waals surface area contributed by atoms with Crippen LogP contribution in [0.3, 0.4) is 0 Å². The van der Waals surface area contributed by atoms with E-state index in [2.05, 4.69) is 0 Å². The molecule has 0 amide bonds. The minimum atomic E-state index is -0.908. The maximum atomic E-state index is 14.3. The fraction of sp³-hybridized carbons (Fsp3) is 0.0588. The van der Waals surface area contributed by atoms with Gasteiger partial charge in [0.1, 0.15) is 11.6 Å².